The summed E-state index contributed by atoms with van der Waals surface area (Å²) in [6.07, 6.45) is -23.4. The van der Waals surface area contributed by atoms with Crippen LogP contribution in [0.5, 0.6) is 0 Å². The largest absolute Gasteiger partial charge is 0.467 e. The first-order chi connectivity index (χ1) is 36.1. The molecule has 4 heterocycles. The van der Waals surface area contributed by atoms with Gasteiger partial charge in [-0.05, 0) is 109 Å². The minimum Gasteiger partial charge on any atom is -0.467 e. The molecule has 4 saturated carbocycles. The van der Waals surface area contributed by atoms with Crippen LogP contribution < -0.4 is 0 Å². The Morgan fingerprint density at radius 3 is 1.68 bits per heavy atom. The number of carbonyl (C=O) groups is 2. The summed E-state index contributed by atoms with van der Waals surface area (Å²) in [7, 11) is 1.08. The van der Waals surface area contributed by atoms with Crippen LogP contribution >= 0.6 is 0 Å². The van der Waals surface area contributed by atoms with Crippen molar-refractivity contribution in [2.45, 2.75) is 235 Å². The van der Waals surface area contributed by atoms with Gasteiger partial charge in [0.15, 0.2) is 25.0 Å². The van der Waals surface area contributed by atoms with E-state index in [1.165, 1.54) is 5.57 Å². The lowest BCUT2D eigenvalue weighted by molar-refractivity contribution is -0.378. The number of carbonyl (C=O) groups excluding carboxylic acids is 2. The second kappa shape index (κ2) is 21.6. The topological polar surface area (TPSA) is 360 Å². The highest BCUT2D eigenvalue weighted by molar-refractivity contribution is 5.79. The maximum Gasteiger partial charge on any atom is 0.337 e. The van der Waals surface area contributed by atoms with Gasteiger partial charge in [0.1, 0.15) is 85.5 Å². The molecule has 0 unspecified atom stereocenters. The molecule has 4 aliphatic heterocycles. The predicted octanol–water partition coefficient (Wildman–Crippen LogP) is -1.22. The zero-order valence-corrected chi connectivity index (χ0v) is 45.4. The Hall–Kier alpha value is -2.08. The van der Waals surface area contributed by atoms with E-state index in [2.05, 4.69) is 54.5 Å². The van der Waals surface area contributed by atoms with E-state index in [0.29, 0.717) is 32.1 Å². The first-order valence-electron chi connectivity index (χ1n) is 27.6. The van der Waals surface area contributed by atoms with E-state index in [1.54, 1.807) is 0 Å². The fraction of sp³-hybridized carbons (Fsp3) is 0.926. The van der Waals surface area contributed by atoms with Gasteiger partial charge in [0.2, 0.25) is 6.29 Å². The van der Waals surface area contributed by atoms with Crippen LogP contribution in [0.2, 0.25) is 0 Å². The van der Waals surface area contributed by atoms with E-state index >= 15 is 0 Å². The van der Waals surface area contributed by atoms with E-state index in [4.69, 9.17) is 42.6 Å². The van der Waals surface area contributed by atoms with Gasteiger partial charge in [0.25, 0.3) is 0 Å². The van der Waals surface area contributed by atoms with Crippen LogP contribution in [-0.4, -0.2) is 223 Å². The molecule has 0 aromatic heterocycles. The Kier molecular flexibility index (Phi) is 16.7. The summed E-state index contributed by atoms with van der Waals surface area (Å²) in [6.45, 7) is 13.6. The van der Waals surface area contributed by atoms with Gasteiger partial charge >= 0.3 is 11.9 Å². The third kappa shape index (κ3) is 9.66. The van der Waals surface area contributed by atoms with Crippen molar-refractivity contribution in [2.24, 2.45) is 50.2 Å². The van der Waals surface area contributed by atoms with Gasteiger partial charge in [-0.15, -0.1) is 0 Å². The quantitative estimate of drug-likeness (QED) is 0.0619. The van der Waals surface area contributed by atoms with Gasteiger partial charge in [-0.2, -0.15) is 0 Å². The Labute approximate surface area is 448 Å². The van der Waals surface area contributed by atoms with Crippen LogP contribution in [0.4, 0.5) is 0 Å². The van der Waals surface area contributed by atoms with E-state index in [-0.39, 0.29) is 39.4 Å². The predicted molar refractivity (Wildman–Crippen MR) is 262 cm³/mol. The fourth-order valence-electron chi connectivity index (χ4n) is 16.4. The number of hydrogen-bond donors (Lipinski definition) is 12. The number of rotatable bonds is 12. The van der Waals surface area contributed by atoms with E-state index in [0.717, 1.165) is 39.2 Å². The normalized spacial score (nSPS) is 52.2. The molecule has 0 spiro atoms. The Morgan fingerprint density at radius 1 is 0.571 bits per heavy atom. The average Bonchev–Trinajstić information content (AvgIpc) is 3.83. The molecule has 4 saturated heterocycles. The van der Waals surface area contributed by atoms with E-state index in [9.17, 15) is 70.9 Å². The number of ether oxygens (including phenoxy) is 9. The average molecular weight is 1100 g/mol. The molecule has 8 fully saturated rings. The molecule has 0 aromatic carbocycles. The highest BCUT2D eigenvalue weighted by Gasteiger charge is 2.70. The van der Waals surface area contributed by atoms with E-state index < -0.39 is 165 Å². The van der Waals surface area contributed by atoms with Crippen LogP contribution in [0, 0.1) is 50.2 Å². The summed E-state index contributed by atoms with van der Waals surface area (Å²) in [5.41, 5.74) is -1.23. The smallest absolute Gasteiger partial charge is 0.337 e. The summed E-state index contributed by atoms with van der Waals surface area (Å²) >= 11 is 0. The minimum atomic E-state index is -1.96. The SMILES string of the molecule is COC(=O)[C@H]1O[C@@H](O[C@H]2CC[C@]3(C)[C@H]4CC=C5[C@@H]6CC(C)(C)CC[C@]6(C(=O)O[C@@H]6O[C@H](CO)[C@@H](O)[C@H](O)[C@H]6O)CC[C@@]5(C)[C@]4(C)CC[C@H]3C2(C)C)[C@H](O)[C@@H](O[C@@H]2O[C@H](CO)[C@@H](O)[C@H](O)[C@H]2O)[C@@H]1O[C@H]1O[C@@H](CO)[C@H](O)[C@H]1O. The van der Waals surface area contributed by atoms with Crippen molar-refractivity contribution in [3.63, 3.8) is 0 Å². The van der Waals surface area contributed by atoms with Gasteiger partial charge in [0, 0.05) is 0 Å². The van der Waals surface area contributed by atoms with E-state index in [1.807, 2.05) is 0 Å². The van der Waals surface area contributed by atoms with Crippen molar-refractivity contribution >= 4 is 11.9 Å². The molecule has 0 aromatic rings. The van der Waals surface area contributed by atoms with Crippen LogP contribution in [0.15, 0.2) is 11.6 Å². The monoisotopic (exact) mass is 1100 g/mol. The highest BCUT2D eigenvalue weighted by atomic mass is 16.8. The lowest BCUT2D eigenvalue weighted by atomic mass is 9.33. The molecule has 23 nitrogen and oxygen atoms in total. The summed E-state index contributed by atoms with van der Waals surface area (Å²) in [4.78, 5) is 28.5. The molecular formula is C54H86O23. The molecule has 440 valence electrons. The Morgan fingerprint density at radius 2 is 1.09 bits per heavy atom. The molecule has 12 N–H and O–H groups in total. The molecule has 23 heteroatoms. The maximum atomic E-state index is 14.8. The molecular weight excluding hydrogens is 1020 g/mol. The Bertz CT molecular complexity index is 2160. The third-order valence-corrected chi connectivity index (χ3v) is 21.2. The van der Waals surface area contributed by atoms with Gasteiger partial charge in [-0.1, -0.05) is 60.1 Å². The molecule has 5 aliphatic carbocycles. The maximum absolute atomic E-state index is 14.8. The summed E-state index contributed by atoms with van der Waals surface area (Å²) in [5.74, 6) is -1.52. The van der Waals surface area contributed by atoms with Gasteiger partial charge < -0.3 is 104 Å². The second-order valence-corrected chi connectivity index (χ2v) is 26.0. The first-order valence-corrected chi connectivity index (χ1v) is 27.6. The number of hydrogen-bond acceptors (Lipinski definition) is 23. The highest BCUT2D eigenvalue weighted by Crippen LogP contribution is 2.76. The van der Waals surface area contributed by atoms with Crippen LogP contribution in [0.1, 0.15) is 113 Å². The fourth-order valence-corrected chi connectivity index (χ4v) is 16.4. The Balaban J connectivity index is 0.978. The van der Waals surface area contributed by atoms with Crippen molar-refractivity contribution in [1.29, 1.82) is 0 Å². The van der Waals surface area contributed by atoms with Crippen LogP contribution in [0.25, 0.3) is 0 Å². The van der Waals surface area contributed by atoms with Gasteiger partial charge in [0.05, 0.1) is 38.4 Å². The van der Waals surface area contributed by atoms with Crippen LogP contribution in [0.3, 0.4) is 0 Å². The summed E-state index contributed by atoms with van der Waals surface area (Å²) in [5, 5.41) is 128. The lowest BCUT2D eigenvalue weighted by Crippen LogP contribution is -2.68. The van der Waals surface area contributed by atoms with Gasteiger partial charge in [-0.3, -0.25) is 4.79 Å². The van der Waals surface area contributed by atoms with Crippen molar-refractivity contribution in [3.8, 4) is 0 Å². The molecule has 0 bridgehead atoms. The first kappa shape index (κ1) is 59.5. The number of aliphatic hydroxyl groups is 12. The molecule has 27 atom stereocenters. The molecule has 9 aliphatic rings. The minimum absolute atomic E-state index is 0.0523. The van der Waals surface area contributed by atoms with Crippen molar-refractivity contribution in [2.75, 3.05) is 26.9 Å². The number of esters is 2. The molecule has 77 heavy (non-hydrogen) atoms. The molecule has 0 amide bonds. The zero-order chi connectivity index (χ0) is 56.3. The zero-order valence-electron chi connectivity index (χ0n) is 45.4. The number of fused-ring (bicyclic) bond motifs is 7. The number of methoxy groups -OCH3 is 1. The summed E-state index contributed by atoms with van der Waals surface area (Å²) < 4.78 is 53.4. The van der Waals surface area contributed by atoms with Crippen molar-refractivity contribution < 1.29 is 113 Å². The lowest BCUT2D eigenvalue weighted by Gasteiger charge is -2.71. The number of aliphatic hydroxyl groups excluding tert-OH is 12. The molecule has 9 rings (SSSR count). The van der Waals surface area contributed by atoms with Gasteiger partial charge in [-0.25, -0.2) is 4.79 Å². The van der Waals surface area contributed by atoms with Crippen LogP contribution in [-0.2, 0) is 52.2 Å². The van der Waals surface area contributed by atoms with Crippen molar-refractivity contribution in [1.82, 2.24) is 0 Å². The number of allylic oxidation sites excluding steroid dienone is 2. The second-order valence-electron chi connectivity index (χ2n) is 26.0. The van der Waals surface area contributed by atoms with Crippen molar-refractivity contribution in [3.05, 3.63) is 11.6 Å². The molecule has 0 radical (unpaired) electrons. The standard InChI is InChI=1S/C54H86O23/c1-49(2)15-17-54(48(68)77-46-38(65)35(62)32(59)26(21-56)72-46)18-16-52(6)23(24(54)19-49)9-10-29-51(5)13-12-30(50(3,4)28(51)11-14-53(29,52)7)73-47-39(66)40(74-45-37(64)34(61)31(58)25(20-55)70-45)41(42(76-47)43(67)69-8)75-44-36(63)33(60)27(22-57)71-44/h9,24-42,44-47,55-66H,10-22H2,1-8H3/t24-,25+,26+,27-,28-,29+,30-,31+,32+,33-,34-,35-,36+,37+,38+,39+,40+,41-,42-,44+,45-,46-,47+,51-,52+,53+,54-/m0/s1. The third-order valence-electron chi connectivity index (χ3n) is 21.2. The summed E-state index contributed by atoms with van der Waals surface area (Å²) in [6, 6.07) is 0.